The molecule has 0 saturated heterocycles. The van der Waals surface area contributed by atoms with Gasteiger partial charge in [-0.2, -0.15) is 0 Å². The number of benzene rings is 1. The molecule has 1 atom stereocenters. The van der Waals surface area contributed by atoms with Gasteiger partial charge in [-0.05, 0) is 36.6 Å². The molecule has 0 aliphatic heterocycles. The fourth-order valence-corrected chi connectivity index (χ4v) is 3.02. The molecule has 0 radical (unpaired) electrons. The summed E-state index contributed by atoms with van der Waals surface area (Å²) in [6.07, 6.45) is 4.41. The van der Waals surface area contributed by atoms with Gasteiger partial charge < -0.3 is 15.0 Å². The van der Waals surface area contributed by atoms with E-state index in [1.165, 1.54) is 0 Å². The van der Waals surface area contributed by atoms with Crippen LogP contribution in [0.15, 0.2) is 54.9 Å². The zero-order valence-corrected chi connectivity index (χ0v) is 15.6. The highest BCUT2D eigenvalue weighted by atomic mass is 16.1. The highest BCUT2D eigenvalue weighted by Gasteiger charge is 2.12. The number of hydrogen-bond acceptors (Lipinski definition) is 3. The summed E-state index contributed by atoms with van der Waals surface area (Å²) in [4.78, 5) is 16.9. The second kappa shape index (κ2) is 8.15. The molecule has 0 fully saturated rings. The van der Waals surface area contributed by atoms with Gasteiger partial charge in [0.05, 0.1) is 5.69 Å². The number of carbonyl (C=O) groups excluding carboxylic acids is 1. The quantitative estimate of drug-likeness (QED) is 0.678. The Hall–Kier alpha value is -2.66. The number of amides is 1. The molecule has 1 amide bonds. The number of nitrogens with one attached hydrogen (secondary N) is 2. The van der Waals surface area contributed by atoms with Crippen molar-refractivity contribution < 1.29 is 4.79 Å². The third kappa shape index (κ3) is 4.49. The van der Waals surface area contributed by atoms with Crippen molar-refractivity contribution in [2.45, 2.75) is 45.7 Å². The second-order valence-corrected chi connectivity index (χ2v) is 6.97. The molecule has 2 N–H and O–H groups in total. The molecule has 2 heterocycles. The van der Waals surface area contributed by atoms with Gasteiger partial charge in [0.15, 0.2) is 0 Å². The lowest BCUT2D eigenvalue weighted by Crippen LogP contribution is -2.30. The first-order chi connectivity index (χ1) is 12.5. The summed E-state index contributed by atoms with van der Waals surface area (Å²) < 4.78 is 2.00. The van der Waals surface area contributed by atoms with Crippen molar-refractivity contribution >= 4 is 17.2 Å². The van der Waals surface area contributed by atoms with Gasteiger partial charge in [0, 0.05) is 37.1 Å². The van der Waals surface area contributed by atoms with Gasteiger partial charge in [-0.3, -0.25) is 4.79 Å². The van der Waals surface area contributed by atoms with Crippen LogP contribution in [0.4, 0.5) is 5.69 Å². The van der Waals surface area contributed by atoms with E-state index < -0.39 is 0 Å². The summed E-state index contributed by atoms with van der Waals surface area (Å²) in [7, 11) is 0. The minimum Gasteiger partial charge on any atom is -0.326 e. The predicted octanol–water partition coefficient (Wildman–Crippen LogP) is 3.96. The van der Waals surface area contributed by atoms with E-state index in [1.54, 1.807) is 0 Å². The zero-order valence-electron chi connectivity index (χ0n) is 15.6. The number of rotatable bonds is 7. The van der Waals surface area contributed by atoms with Gasteiger partial charge in [-0.25, -0.2) is 4.98 Å². The van der Waals surface area contributed by atoms with Crippen LogP contribution in [0.25, 0.3) is 5.65 Å². The molecule has 1 aromatic carbocycles. The first-order valence-electron chi connectivity index (χ1n) is 9.07. The van der Waals surface area contributed by atoms with Gasteiger partial charge in [0.2, 0.25) is 5.91 Å². The van der Waals surface area contributed by atoms with E-state index in [1.807, 2.05) is 60.1 Å². The topological polar surface area (TPSA) is 58.4 Å². The van der Waals surface area contributed by atoms with Crippen LogP contribution in [-0.2, 0) is 11.3 Å². The molecule has 5 nitrogen and oxygen atoms in total. The van der Waals surface area contributed by atoms with Crippen LogP contribution >= 0.6 is 0 Å². The molecular formula is C21H26N4O. The lowest BCUT2D eigenvalue weighted by atomic mass is 10.0. The highest BCUT2D eigenvalue weighted by molar-refractivity contribution is 5.92. The normalized spacial score (nSPS) is 12.5. The summed E-state index contributed by atoms with van der Waals surface area (Å²) in [5.74, 6) is 0.394. The molecule has 26 heavy (non-hydrogen) atoms. The van der Waals surface area contributed by atoms with Crippen molar-refractivity contribution in [3.05, 3.63) is 66.1 Å². The summed E-state index contributed by atoms with van der Waals surface area (Å²) in [5, 5.41) is 6.42. The number of nitrogens with zero attached hydrogens (tertiary/aromatic N) is 2. The summed E-state index contributed by atoms with van der Waals surface area (Å²) in [5.41, 5.74) is 3.96. The third-order valence-corrected chi connectivity index (χ3v) is 4.39. The molecule has 0 aliphatic carbocycles. The number of carbonyl (C=O) groups is 1. The minimum absolute atomic E-state index is 0.0214. The number of aromatic nitrogens is 2. The summed E-state index contributed by atoms with van der Waals surface area (Å²) in [6.45, 7) is 6.91. The van der Waals surface area contributed by atoms with E-state index in [9.17, 15) is 4.79 Å². The monoisotopic (exact) mass is 350 g/mol. The van der Waals surface area contributed by atoms with Gasteiger partial charge in [0.25, 0.3) is 0 Å². The van der Waals surface area contributed by atoms with Gasteiger partial charge in [-0.1, -0.05) is 38.1 Å². The molecular weight excluding hydrogens is 324 g/mol. The Balaban J connectivity index is 1.53. The molecule has 0 bridgehead atoms. The highest BCUT2D eigenvalue weighted by Crippen LogP contribution is 2.23. The molecule has 3 aromatic rings. The first kappa shape index (κ1) is 18.1. The van der Waals surface area contributed by atoms with E-state index in [0.29, 0.717) is 18.9 Å². The van der Waals surface area contributed by atoms with Crippen LogP contribution in [-0.4, -0.2) is 21.3 Å². The van der Waals surface area contributed by atoms with E-state index in [2.05, 4.69) is 35.5 Å². The molecule has 2 aromatic heterocycles. The van der Waals surface area contributed by atoms with Crippen molar-refractivity contribution in [3.8, 4) is 0 Å². The number of imidazole rings is 1. The number of fused-ring (bicyclic) bond motifs is 1. The van der Waals surface area contributed by atoms with Gasteiger partial charge >= 0.3 is 0 Å². The van der Waals surface area contributed by atoms with E-state index in [0.717, 1.165) is 22.6 Å². The SMILES string of the molecule is CC(CC(=O)Nc1ccccc1C(C)C)NCc1cn2ccccc2n1. The Morgan fingerprint density at radius 2 is 1.88 bits per heavy atom. The fourth-order valence-electron chi connectivity index (χ4n) is 3.02. The number of pyridine rings is 1. The van der Waals surface area contributed by atoms with Gasteiger partial charge in [0.1, 0.15) is 5.65 Å². The molecule has 1 unspecified atom stereocenters. The Morgan fingerprint density at radius 3 is 2.65 bits per heavy atom. The molecule has 3 rings (SSSR count). The number of para-hydroxylation sites is 1. The molecule has 0 spiro atoms. The number of anilines is 1. The van der Waals surface area contributed by atoms with Crippen LogP contribution < -0.4 is 10.6 Å². The molecule has 0 saturated carbocycles. The molecule has 136 valence electrons. The van der Waals surface area contributed by atoms with Crippen molar-refractivity contribution in [2.75, 3.05) is 5.32 Å². The lowest BCUT2D eigenvalue weighted by Gasteiger charge is -2.16. The second-order valence-electron chi connectivity index (χ2n) is 6.97. The standard InChI is InChI=1S/C21H26N4O/c1-15(2)18-8-4-5-9-19(18)24-21(26)12-16(3)22-13-17-14-25-11-7-6-10-20(25)23-17/h4-11,14-16,22H,12-13H2,1-3H3,(H,24,26). The average Bonchev–Trinajstić information content (AvgIpc) is 3.03. The van der Waals surface area contributed by atoms with E-state index in [4.69, 9.17) is 0 Å². The first-order valence-corrected chi connectivity index (χ1v) is 9.07. The smallest absolute Gasteiger partial charge is 0.225 e. The van der Waals surface area contributed by atoms with Crippen LogP contribution in [0.5, 0.6) is 0 Å². The van der Waals surface area contributed by atoms with Crippen LogP contribution in [0, 0.1) is 0 Å². The van der Waals surface area contributed by atoms with E-state index in [-0.39, 0.29) is 11.9 Å². The maximum atomic E-state index is 12.4. The Morgan fingerprint density at radius 1 is 1.12 bits per heavy atom. The summed E-state index contributed by atoms with van der Waals surface area (Å²) in [6, 6.07) is 14.0. The van der Waals surface area contributed by atoms with E-state index >= 15 is 0 Å². The molecule has 0 aliphatic rings. The minimum atomic E-state index is 0.0214. The van der Waals surface area contributed by atoms with Crippen LogP contribution in [0.1, 0.15) is 44.4 Å². The van der Waals surface area contributed by atoms with Crippen molar-refractivity contribution in [1.82, 2.24) is 14.7 Å². The largest absolute Gasteiger partial charge is 0.326 e. The van der Waals surface area contributed by atoms with Gasteiger partial charge in [-0.15, -0.1) is 0 Å². The molecule has 5 heteroatoms. The lowest BCUT2D eigenvalue weighted by molar-refractivity contribution is -0.116. The fraction of sp³-hybridized carbons (Fsp3) is 0.333. The third-order valence-electron chi connectivity index (χ3n) is 4.39. The van der Waals surface area contributed by atoms with Crippen molar-refractivity contribution in [3.63, 3.8) is 0 Å². The number of hydrogen-bond donors (Lipinski definition) is 2. The van der Waals surface area contributed by atoms with Crippen LogP contribution in [0.3, 0.4) is 0 Å². The Bertz CT molecular complexity index is 851. The maximum Gasteiger partial charge on any atom is 0.225 e. The predicted molar refractivity (Wildman–Crippen MR) is 105 cm³/mol. The Labute approximate surface area is 154 Å². The maximum absolute atomic E-state index is 12.4. The Kier molecular flexibility index (Phi) is 5.68. The average molecular weight is 350 g/mol. The van der Waals surface area contributed by atoms with Crippen LogP contribution in [0.2, 0.25) is 0 Å². The van der Waals surface area contributed by atoms with Crippen molar-refractivity contribution in [2.24, 2.45) is 0 Å². The zero-order chi connectivity index (χ0) is 18.5. The van der Waals surface area contributed by atoms with Crippen molar-refractivity contribution in [1.29, 1.82) is 0 Å². The summed E-state index contributed by atoms with van der Waals surface area (Å²) >= 11 is 0.